The molecule has 1 aliphatic rings. The summed E-state index contributed by atoms with van der Waals surface area (Å²) in [6.07, 6.45) is 4.26. The number of aromatic nitrogens is 1. The third kappa shape index (κ3) is 4.22. The van der Waals surface area contributed by atoms with Crippen molar-refractivity contribution in [2.75, 3.05) is 18.5 Å². The number of thiocarbonyl (C=S) groups is 1. The van der Waals surface area contributed by atoms with E-state index in [9.17, 15) is 0 Å². The minimum atomic E-state index is 0.285. The van der Waals surface area contributed by atoms with Gasteiger partial charge in [-0.2, -0.15) is 0 Å². The predicted molar refractivity (Wildman–Crippen MR) is 75.1 cm³/mol. The van der Waals surface area contributed by atoms with Crippen LogP contribution >= 0.6 is 28.1 Å². The van der Waals surface area contributed by atoms with E-state index >= 15 is 0 Å². The van der Waals surface area contributed by atoms with Crippen LogP contribution < -0.4 is 10.6 Å². The largest absolute Gasteiger partial charge is 0.376 e. The first kappa shape index (κ1) is 12.7. The van der Waals surface area contributed by atoms with E-state index in [-0.39, 0.29) is 6.10 Å². The molecule has 1 aromatic rings. The van der Waals surface area contributed by atoms with Crippen LogP contribution in [0.4, 0.5) is 5.82 Å². The minimum absolute atomic E-state index is 0.285. The van der Waals surface area contributed by atoms with Gasteiger partial charge in [-0.3, -0.25) is 0 Å². The third-order valence-electron chi connectivity index (χ3n) is 2.48. The average molecular weight is 316 g/mol. The number of rotatable bonds is 3. The van der Waals surface area contributed by atoms with Gasteiger partial charge in [0.05, 0.1) is 6.10 Å². The zero-order chi connectivity index (χ0) is 12.1. The summed E-state index contributed by atoms with van der Waals surface area (Å²) in [5.41, 5.74) is 0. The van der Waals surface area contributed by atoms with Crippen LogP contribution in [0.3, 0.4) is 0 Å². The first-order valence-electron chi connectivity index (χ1n) is 5.52. The standard InChI is InChI=1S/C11H14BrN3OS/c12-8-3-4-10(13-6-8)15-11(17)14-7-9-2-1-5-16-9/h3-4,6,9H,1-2,5,7H2,(H2,13,14,15,17)/t9-/m0/s1. The van der Waals surface area contributed by atoms with Crippen LogP contribution in [0.25, 0.3) is 0 Å². The second kappa shape index (κ2) is 6.28. The highest BCUT2D eigenvalue weighted by Gasteiger charge is 2.15. The molecule has 1 atom stereocenters. The van der Waals surface area contributed by atoms with Gasteiger partial charge in [0.15, 0.2) is 5.11 Å². The number of anilines is 1. The van der Waals surface area contributed by atoms with Gasteiger partial charge >= 0.3 is 0 Å². The summed E-state index contributed by atoms with van der Waals surface area (Å²) in [5.74, 6) is 0.734. The molecular weight excluding hydrogens is 302 g/mol. The Hall–Kier alpha value is -0.720. The number of hydrogen-bond acceptors (Lipinski definition) is 3. The van der Waals surface area contributed by atoms with Crippen LogP contribution in [0, 0.1) is 0 Å². The molecule has 17 heavy (non-hydrogen) atoms. The average Bonchev–Trinajstić information content (AvgIpc) is 2.83. The summed E-state index contributed by atoms with van der Waals surface area (Å²) < 4.78 is 6.44. The Balaban J connectivity index is 1.74. The number of ether oxygens (including phenoxy) is 1. The van der Waals surface area contributed by atoms with E-state index in [0.717, 1.165) is 36.3 Å². The molecule has 0 saturated carbocycles. The molecule has 0 unspecified atom stereocenters. The highest BCUT2D eigenvalue weighted by molar-refractivity contribution is 9.10. The van der Waals surface area contributed by atoms with E-state index in [1.165, 1.54) is 0 Å². The summed E-state index contributed by atoms with van der Waals surface area (Å²) in [7, 11) is 0. The van der Waals surface area contributed by atoms with E-state index < -0.39 is 0 Å². The van der Waals surface area contributed by atoms with Crippen molar-refractivity contribution < 1.29 is 4.74 Å². The smallest absolute Gasteiger partial charge is 0.172 e. The third-order valence-corrected chi connectivity index (χ3v) is 3.20. The molecule has 0 bridgehead atoms. The first-order chi connectivity index (χ1) is 8.24. The highest BCUT2D eigenvalue weighted by atomic mass is 79.9. The summed E-state index contributed by atoms with van der Waals surface area (Å²) in [6.45, 7) is 1.61. The maximum Gasteiger partial charge on any atom is 0.172 e. The molecule has 0 spiro atoms. The number of nitrogens with zero attached hydrogens (tertiary/aromatic N) is 1. The molecule has 4 nitrogen and oxygen atoms in total. The minimum Gasteiger partial charge on any atom is -0.376 e. The molecule has 1 fully saturated rings. The van der Waals surface area contributed by atoms with Crippen LogP contribution in [0.1, 0.15) is 12.8 Å². The number of nitrogens with one attached hydrogen (secondary N) is 2. The van der Waals surface area contributed by atoms with Gasteiger partial charge in [-0.05, 0) is 53.1 Å². The summed E-state index contributed by atoms with van der Waals surface area (Å²) in [4.78, 5) is 4.18. The first-order valence-corrected chi connectivity index (χ1v) is 6.72. The van der Waals surface area contributed by atoms with E-state index in [2.05, 4.69) is 31.5 Å². The number of halogens is 1. The fourth-order valence-corrected chi connectivity index (χ4v) is 2.04. The van der Waals surface area contributed by atoms with E-state index in [4.69, 9.17) is 17.0 Å². The summed E-state index contributed by atoms with van der Waals surface area (Å²) >= 11 is 8.51. The van der Waals surface area contributed by atoms with Gasteiger partial charge in [0.25, 0.3) is 0 Å². The van der Waals surface area contributed by atoms with Gasteiger partial charge in [0.2, 0.25) is 0 Å². The number of hydrogen-bond donors (Lipinski definition) is 2. The SMILES string of the molecule is S=C(NC[C@@H]1CCCO1)Nc1ccc(Br)cn1. The molecule has 1 saturated heterocycles. The Morgan fingerprint density at radius 3 is 3.12 bits per heavy atom. The summed E-state index contributed by atoms with van der Waals surface area (Å²) in [6, 6.07) is 3.78. The Morgan fingerprint density at radius 1 is 1.59 bits per heavy atom. The molecule has 92 valence electrons. The van der Waals surface area contributed by atoms with Crippen LogP contribution in [0.5, 0.6) is 0 Å². The summed E-state index contributed by atoms with van der Waals surface area (Å²) in [5, 5.41) is 6.74. The van der Waals surface area contributed by atoms with Crippen molar-refractivity contribution >= 4 is 39.1 Å². The molecule has 1 aromatic heterocycles. The lowest BCUT2D eigenvalue weighted by atomic mass is 10.2. The molecular formula is C11H14BrN3OS. The Kier molecular flexibility index (Phi) is 4.70. The molecule has 0 radical (unpaired) electrons. The Labute approximate surface area is 114 Å². The molecule has 6 heteroatoms. The second-order valence-electron chi connectivity index (χ2n) is 3.83. The van der Waals surface area contributed by atoms with Crippen LogP contribution in [0.2, 0.25) is 0 Å². The van der Waals surface area contributed by atoms with Gasteiger partial charge in [-0.15, -0.1) is 0 Å². The van der Waals surface area contributed by atoms with Crippen molar-refractivity contribution in [2.24, 2.45) is 0 Å². The normalized spacial score (nSPS) is 19.0. The molecule has 2 heterocycles. The number of pyridine rings is 1. The van der Waals surface area contributed by atoms with Gasteiger partial charge < -0.3 is 15.4 Å². The van der Waals surface area contributed by atoms with E-state index in [1.807, 2.05) is 12.1 Å². The van der Waals surface area contributed by atoms with Crippen LogP contribution in [-0.4, -0.2) is 29.4 Å². The molecule has 0 aliphatic carbocycles. The lowest BCUT2D eigenvalue weighted by molar-refractivity contribution is 0.114. The fraction of sp³-hybridized carbons (Fsp3) is 0.455. The van der Waals surface area contributed by atoms with Crippen molar-refractivity contribution in [3.05, 3.63) is 22.8 Å². The van der Waals surface area contributed by atoms with Gasteiger partial charge in [-0.1, -0.05) is 0 Å². The lowest BCUT2D eigenvalue weighted by Crippen LogP contribution is -2.35. The van der Waals surface area contributed by atoms with Gasteiger partial charge in [-0.25, -0.2) is 4.98 Å². The Bertz CT molecular complexity index is 379. The van der Waals surface area contributed by atoms with Crippen molar-refractivity contribution in [1.82, 2.24) is 10.3 Å². The zero-order valence-corrected chi connectivity index (χ0v) is 11.7. The molecule has 2 rings (SSSR count). The zero-order valence-electron chi connectivity index (χ0n) is 9.28. The quantitative estimate of drug-likeness (QED) is 0.838. The molecule has 0 aromatic carbocycles. The van der Waals surface area contributed by atoms with Crippen LogP contribution in [0.15, 0.2) is 22.8 Å². The lowest BCUT2D eigenvalue weighted by Gasteiger charge is -2.13. The van der Waals surface area contributed by atoms with Crippen molar-refractivity contribution in [3.8, 4) is 0 Å². The van der Waals surface area contributed by atoms with Gasteiger partial charge in [0, 0.05) is 23.8 Å². The topological polar surface area (TPSA) is 46.2 Å². The maximum absolute atomic E-state index is 5.50. The van der Waals surface area contributed by atoms with Crippen LogP contribution in [-0.2, 0) is 4.74 Å². The van der Waals surface area contributed by atoms with Crippen molar-refractivity contribution in [2.45, 2.75) is 18.9 Å². The van der Waals surface area contributed by atoms with Crippen molar-refractivity contribution in [3.63, 3.8) is 0 Å². The second-order valence-corrected chi connectivity index (χ2v) is 5.16. The monoisotopic (exact) mass is 315 g/mol. The highest BCUT2D eigenvalue weighted by Crippen LogP contribution is 2.11. The fourth-order valence-electron chi connectivity index (χ4n) is 1.62. The molecule has 1 aliphatic heterocycles. The molecule has 0 amide bonds. The van der Waals surface area contributed by atoms with E-state index in [0.29, 0.717) is 5.11 Å². The van der Waals surface area contributed by atoms with Gasteiger partial charge in [0.1, 0.15) is 5.82 Å². The van der Waals surface area contributed by atoms with Crippen molar-refractivity contribution in [1.29, 1.82) is 0 Å². The predicted octanol–water partition coefficient (Wildman–Crippen LogP) is 2.31. The maximum atomic E-state index is 5.50. The molecule has 2 N–H and O–H groups in total. The van der Waals surface area contributed by atoms with E-state index in [1.54, 1.807) is 6.20 Å². The Morgan fingerprint density at radius 2 is 2.47 bits per heavy atom.